The molecule has 0 fully saturated rings. The Labute approximate surface area is 112 Å². The molecule has 0 heterocycles. The van der Waals surface area contributed by atoms with Gasteiger partial charge in [0.2, 0.25) is 0 Å². The Morgan fingerprint density at radius 1 is 1.24 bits per heavy atom. The fraction of sp³-hybridized carbons (Fsp3) is 0.385. The lowest BCUT2D eigenvalue weighted by Gasteiger charge is -2.11. The molecule has 4 heteroatoms. The molecule has 0 aliphatic carbocycles. The number of hydrogen-bond donors (Lipinski definition) is 1. The molecular formula is C13H16Cl2O2. The highest BCUT2D eigenvalue weighted by molar-refractivity contribution is 6.55. The van der Waals surface area contributed by atoms with Gasteiger partial charge in [-0.3, -0.25) is 0 Å². The van der Waals surface area contributed by atoms with Crippen LogP contribution >= 0.6 is 23.2 Å². The maximum atomic E-state index is 9.92. The smallest absolute Gasteiger partial charge is 0.122 e. The normalized spacial score (nSPS) is 10.1. The summed E-state index contributed by atoms with van der Waals surface area (Å²) in [7, 11) is 0. The van der Waals surface area contributed by atoms with E-state index in [1.54, 1.807) is 6.08 Å². The van der Waals surface area contributed by atoms with E-state index < -0.39 is 0 Å². The van der Waals surface area contributed by atoms with E-state index in [0.717, 1.165) is 29.7 Å². The molecule has 0 saturated carbocycles. The van der Waals surface area contributed by atoms with Gasteiger partial charge in [0.1, 0.15) is 22.6 Å². The Bertz CT molecular complexity index is 385. The minimum atomic E-state index is 0.190. The van der Waals surface area contributed by atoms with Crippen LogP contribution in [0.15, 0.2) is 22.7 Å². The van der Waals surface area contributed by atoms with Gasteiger partial charge in [0.15, 0.2) is 0 Å². The van der Waals surface area contributed by atoms with Crippen LogP contribution in [0.4, 0.5) is 0 Å². The highest BCUT2D eigenvalue weighted by Crippen LogP contribution is 2.29. The molecule has 0 atom stereocenters. The first kappa shape index (κ1) is 14.2. The summed E-state index contributed by atoms with van der Waals surface area (Å²) < 4.78 is 5.69. The number of phenolic OH excluding ortho intramolecular Hbond substituents is 1. The second-order valence-corrected chi connectivity index (χ2v) is 4.61. The zero-order chi connectivity index (χ0) is 12.8. The van der Waals surface area contributed by atoms with Crippen molar-refractivity contribution in [2.75, 3.05) is 6.61 Å². The fourth-order valence-electron chi connectivity index (χ4n) is 1.55. The second-order valence-electron chi connectivity index (χ2n) is 3.60. The molecule has 0 bridgehead atoms. The first-order chi connectivity index (χ1) is 8.08. The van der Waals surface area contributed by atoms with Crippen molar-refractivity contribution < 1.29 is 9.84 Å². The lowest BCUT2D eigenvalue weighted by molar-refractivity contribution is 0.360. The number of benzene rings is 1. The van der Waals surface area contributed by atoms with E-state index in [4.69, 9.17) is 27.9 Å². The summed E-state index contributed by atoms with van der Waals surface area (Å²) in [6.07, 6.45) is 3.11. The van der Waals surface area contributed by atoms with Gasteiger partial charge >= 0.3 is 0 Å². The number of ether oxygens (including phenoxy) is 1. The molecule has 0 spiro atoms. The zero-order valence-electron chi connectivity index (χ0n) is 9.96. The molecule has 0 aliphatic heterocycles. The number of aryl methyl sites for hydroxylation is 2. The molecule has 0 saturated heterocycles. The maximum Gasteiger partial charge on any atom is 0.122 e. The van der Waals surface area contributed by atoms with E-state index in [0.29, 0.717) is 12.4 Å². The molecule has 1 rings (SSSR count). The van der Waals surface area contributed by atoms with Gasteiger partial charge in [0.25, 0.3) is 0 Å². The SMILES string of the molecule is CCc1cc(OCC=C(Cl)Cl)cc(CC)c1O. The molecule has 1 N–H and O–H groups in total. The number of hydrogen-bond acceptors (Lipinski definition) is 2. The molecule has 0 unspecified atom stereocenters. The fourth-order valence-corrected chi connectivity index (χ4v) is 1.68. The first-order valence-electron chi connectivity index (χ1n) is 5.57. The summed E-state index contributed by atoms with van der Waals surface area (Å²) >= 11 is 11.0. The van der Waals surface area contributed by atoms with Gasteiger partial charge in [-0.15, -0.1) is 0 Å². The van der Waals surface area contributed by atoms with E-state index in [9.17, 15) is 5.11 Å². The lowest BCUT2D eigenvalue weighted by Crippen LogP contribution is -1.97. The van der Waals surface area contributed by atoms with E-state index in [2.05, 4.69) is 0 Å². The number of halogens is 2. The topological polar surface area (TPSA) is 29.5 Å². The number of aromatic hydroxyl groups is 1. The third-order valence-electron chi connectivity index (χ3n) is 2.49. The number of phenols is 1. The average molecular weight is 275 g/mol. The van der Waals surface area contributed by atoms with Crippen LogP contribution in [-0.2, 0) is 12.8 Å². The molecule has 94 valence electrons. The van der Waals surface area contributed by atoms with Crippen LogP contribution in [-0.4, -0.2) is 11.7 Å². The van der Waals surface area contributed by atoms with Crippen LogP contribution < -0.4 is 4.74 Å². The van der Waals surface area contributed by atoms with Crippen molar-refractivity contribution in [3.05, 3.63) is 33.8 Å². The standard InChI is InChI=1S/C13H16Cl2O2/c1-3-9-7-11(17-6-5-12(14)15)8-10(4-2)13(9)16/h5,7-8,16H,3-4,6H2,1-2H3. The quantitative estimate of drug-likeness (QED) is 0.872. The van der Waals surface area contributed by atoms with E-state index in [1.807, 2.05) is 26.0 Å². The van der Waals surface area contributed by atoms with Crippen molar-refractivity contribution in [2.45, 2.75) is 26.7 Å². The van der Waals surface area contributed by atoms with Gasteiger partial charge in [0, 0.05) is 0 Å². The molecule has 0 aliphatic rings. The Kier molecular flexibility index (Phi) is 5.66. The molecule has 1 aromatic rings. The predicted octanol–water partition coefficient (Wildman–Crippen LogP) is 4.21. The van der Waals surface area contributed by atoms with Gasteiger partial charge in [-0.25, -0.2) is 0 Å². The summed E-state index contributed by atoms with van der Waals surface area (Å²) in [5, 5.41) is 9.92. The van der Waals surface area contributed by atoms with Crippen LogP contribution in [0.1, 0.15) is 25.0 Å². The third-order valence-corrected chi connectivity index (χ3v) is 2.80. The van der Waals surface area contributed by atoms with Gasteiger partial charge in [-0.2, -0.15) is 0 Å². The Morgan fingerprint density at radius 3 is 2.18 bits per heavy atom. The summed E-state index contributed by atoms with van der Waals surface area (Å²) in [5.41, 5.74) is 1.78. The van der Waals surface area contributed by atoms with Crippen LogP contribution in [0.25, 0.3) is 0 Å². The van der Waals surface area contributed by atoms with Crippen LogP contribution in [0.3, 0.4) is 0 Å². The Morgan fingerprint density at radius 2 is 1.76 bits per heavy atom. The van der Waals surface area contributed by atoms with Crippen molar-refractivity contribution >= 4 is 23.2 Å². The monoisotopic (exact) mass is 274 g/mol. The first-order valence-corrected chi connectivity index (χ1v) is 6.32. The molecule has 17 heavy (non-hydrogen) atoms. The predicted molar refractivity (Wildman–Crippen MR) is 72.1 cm³/mol. The summed E-state index contributed by atoms with van der Waals surface area (Å²) in [5.74, 6) is 1.09. The van der Waals surface area contributed by atoms with Crippen molar-refractivity contribution in [3.63, 3.8) is 0 Å². The van der Waals surface area contributed by atoms with E-state index >= 15 is 0 Å². The highest BCUT2D eigenvalue weighted by Gasteiger charge is 2.08. The largest absolute Gasteiger partial charge is 0.507 e. The maximum absolute atomic E-state index is 9.92. The van der Waals surface area contributed by atoms with Gasteiger partial charge < -0.3 is 9.84 Å². The summed E-state index contributed by atoms with van der Waals surface area (Å²) in [4.78, 5) is 0. The minimum absolute atomic E-state index is 0.190. The molecule has 1 aromatic carbocycles. The molecular weight excluding hydrogens is 259 g/mol. The molecule has 0 aromatic heterocycles. The van der Waals surface area contributed by atoms with Crippen molar-refractivity contribution in [2.24, 2.45) is 0 Å². The van der Waals surface area contributed by atoms with Crippen LogP contribution in [0, 0.1) is 0 Å². The minimum Gasteiger partial charge on any atom is -0.507 e. The average Bonchev–Trinajstić information content (AvgIpc) is 2.30. The van der Waals surface area contributed by atoms with Crippen LogP contribution in [0.2, 0.25) is 0 Å². The van der Waals surface area contributed by atoms with E-state index in [1.165, 1.54) is 0 Å². The summed E-state index contributed by atoms with van der Waals surface area (Å²) in [6, 6.07) is 3.68. The molecule has 0 radical (unpaired) electrons. The van der Waals surface area contributed by atoms with Crippen molar-refractivity contribution in [1.82, 2.24) is 0 Å². The molecule has 2 nitrogen and oxygen atoms in total. The van der Waals surface area contributed by atoms with Gasteiger partial charge in [-0.1, -0.05) is 37.0 Å². The molecule has 0 amide bonds. The van der Waals surface area contributed by atoms with Gasteiger partial charge in [-0.05, 0) is 42.2 Å². The van der Waals surface area contributed by atoms with Gasteiger partial charge in [0.05, 0.1) is 0 Å². The third kappa shape index (κ3) is 4.14. The van der Waals surface area contributed by atoms with Crippen molar-refractivity contribution in [1.29, 1.82) is 0 Å². The Balaban J connectivity index is 2.89. The van der Waals surface area contributed by atoms with E-state index in [-0.39, 0.29) is 4.49 Å². The number of rotatable bonds is 5. The zero-order valence-corrected chi connectivity index (χ0v) is 11.5. The van der Waals surface area contributed by atoms with Crippen LogP contribution in [0.5, 0.6) is 11.5 Å². The van der Waals surface area contributed by atoms with Crippen molar-refractivity contribution in [3.8, 4) is 11.5 Å². The highest BCUT2D eigenvalue weighted by atomic mass is 35.5. The summed E-state index contributed by atoms with van der Waals surface area (Å²) in [6.45, 7) is 4.31. The Hall–Kier alpha value is -0.860. The lowest BCUT2D eigenvalue weighted by atomic mass is 10.0. The second kappa shape index (κ2) is 6.77.